The van der Waals surface area contributed by atoms with Crippen LogP contribution >= 0.6 is 11.8 Å². The Morgan fingerprint density at radius 2 is 1.65 bits per heavy atom. The van der Waals surface area contributed by atoms with Crippen LogP contribution in [0.4, 0.5) is 10.5 Å². The third kappa shape index (κ3) is 6.56. The fraction of sp³-hybridized carbons (Fsp3) is 0.407. The average Bonchev–Trinajstić information content (AvgIpc) is 3.12. The molecule has 7 heteroatoms. The maximum absolute atomic E-state index is 13.1. The Hall–Kier alpha value is -2.93. The molecule has 182 valence electrons. The molecule has 1 aliphatic heterocycles. The van der Waals surface area contributed by atoms with E-state index in [9.17, 15) is 9.59 Å². The van der Waals surface area contributed by atoms with Gasteiger partial charge >= 0.3 is 0 Å². The monoisotopic (exact) mass is 483 g/mol. The zero-order valence-electron chi connectivity index (χ0n) is 20.2. The van der Waals surface area contributed by atoms with E-state index in [0.29, 0.717) is 41.1 Å². The number of carbonyl (C=O) groups is 2. The van der Waals surface area contributed by atoms with Gasteiger partial charge in [-0.1, -0.05) is 57.2 Å². The van der Waals surface area contributed by atoms with Gasteiger partial charge in [0.1, 0.15) is 5.75 Å². The average molecular weight is 484 g/mol. The van der Waals surface area contributed by atoms with Gasteiger partial charge in [0, 0.05) is 0 Å². The van der Waals surface area contributed by atoms with E-state index in [1.165, 1.54) is 25.7 Å². The van der Waals surface area contributed by atoms with E-state index in [0.717, 1.165) is 35.1 Å². The Morgan fingerprint density at radius 1 is 0.882 bits per heavy atom. The highest BCUT2D eigenvalue weighted by Gasteiger charge is 2.37. The zero-order chi connectivity index (χ0) is 24.3. The largest absolute Gasteiger partial charge is 0.493 e. The van der Waals surface area contributed by atoms with Crippen LogP contribution < -0.4 is 19.1 Å². The highest BCUT2D eigenvalue weighted by molar-refractivity contribution is 8.19. The van der Waals surface area contributed by atoms with Crippen molar-refractivity contribution in [3.63, 3.8) is 0 Å². The van der Waals surface area contributed by atoms with E-state index in [1.807, 2.05) is 31.2 Å². The van der Waals surface area contributed by atoms with Crippen LogP contribution in [0.2, 0.25) is 0 Å². The maximum Gasteiger partial charge on any atom is 0.298 e. The van der Waals surface area contributed by atoms with Gasteiger partial charge in [-0.15, -0.1) is 0 Å². The van der Waals surface area contributed by atoms with Crippen LogP contribution in [-0.2, 0) is 4.79 Å². The molecule has 0 saturated carbocycles. The smallest absolute Gasteiger partial charge is 0.298 e. The molecule has 1 fully saturated rings. The van der Waals surface area contributed by atoms with E-state index in [-0.39, 0.29) is 11.1 Å². The van der Waals surface area contributed by atoms with Gasteiger partial charge in [0.15, 0.2) is 11.5 Å². The van der Waals surface area contributed by atoms with Crippen molar-refractivity contribution in [3.05, 3.63) is 52.9 Å². The summed E-state index contributed by atoms with van der Waals surface area (Å²) in [6.07, 6.45) is 8.90. The molecule has 1 aliphatic rings. The first-order valence-electron chi connectivity index (χ1n) is 11.9. The molecule has 2 aromatic rings. The summed E-state index contributed by atoms with van der Waals surface area (Å²) in [4.78, 5) is 27.3. The standard InChI is InChI=1S/C27H33NO5S/c1-4-6-7-8-9-12-17-33-23-16-15-20(18-24(23)31-3)19-25-26(29)28(27(30)34-25)21-13-10-11-14-22(21)32-5-2/h10-11,13-16,18-19H,4-9,12,17H2,1-3H3/b25-19-. The highest BCUT2D eigenvalue weighted by atomic mass is 32.2. The lowest BCUT2D eigenvalue weighted by Crippen LogP contribution is -2.28. The predicted octanol–water partition coefficient (Wildman–Crippen LogP) is 7.07. The number of para-hydroxylation sites is 2. The number of thioether (sulfide) groups is 1. The van der Waals surface area contributed by atoms with Crippen molar-refractivity contribution in [1.29, 1.82) is 0 Å². The Labute approximate surface area is 206 Å². The van der Waals surface area contributed by atoms with E-state index in [1.54, 1.807) is 31.4 Å². The summed E-state index contributed by atoms with van der Waals surface area (Å²) in [5, 5.41) is -0.353. The molecule has 1 saturated heterocycles. The minimum absolute atomic E-state index is 0.346. The van der Waals surface area contributed by atoms with E-state index >= 15 is 0 Å². The molecule has 0 unspecified atom stereocenters. The van der Waals surface area contributed by atoms with E-state index < -0.39 is 0 Å². The molecule has 0 radical (unpaired) electrons. The van der Waals surface area contributed by atoms with Crippen LogP contribution in [0.15, 0.2) is 47.4 Å². The quantitative estimate of drug-likeness (QED) is 0.224. The molecule has 3 rings (SSSR count). The van der Waals surface area contributed by atoms with Crippen LogP contribution in [0.5, 0.6) is 17.2 Å². The molecular weight excluding hydrogens is 450 g/mol. The first kappa shape index (κ1) is 25.7. The molecule has 1 heterocycles. The van der Waals surface area contributed by atoms with Crippen molar-refractivity contribution in [1.82, 2.24) is 0 Å². The Morgan fingerprint density at radius 3 is 2.41 bits per heavy atom. The molecule has 0 aliphatic carbocycles. The zero-order valence-corrected chi connectivity index (χ0v) is 21.0. The number of imide groups is 1. The van der Waals surface area contributed by atoms with Gasteiger partial charge in [-0.2, -0.15) is 0 Å². The number of carbonyl (C=O) groups excluding carboxylic acids is 2. The molecule has 0 spiro atoms. The van der Waals surface area contributed by atoms with Crippen LogP contribution in [-0.4, -0.2) is 31.5 Å². The summed E-state index contributed by atoms with van der Waals surface area (Å²) in [6, 6.07) is 12.6. The second kappa shape index (κ2) is 13.1. The molecule has 0 bridgehead atoms. The summed E-state index contributed by atoms with van der Waals surface area (Å²) in [7, 11) is 1.59. The van der Waals surface area contributed by atoms with Crippen LogP contribution in [0.25, 0.3) is 6.08 Å². The number of unbranched alkanes of at least 4 members (excludes halogenated alkanes) is 5. The van der Waals surface area contributed by atoms with Crippen molar-refractivity contribution in [2.45, 2.75) is 52.4 Å². The lowest BCUT2D eigenvalue weighted by Gasteiger charge is -2.16. The molecule has 34 heavy (non-hydrogen) atoms. The van der Waals surface area contributed by atoms with Crippen molar-refractivity contribution in [2.24, 2.45) is 0 Å². The fourth-order valence-corrected chi connectivity index (χ4v) is 4.54. The lowest BCUT2D eigenvalue weighted by atomic mass is 10.1. The predicted molar refractivity (Wildman–Crippen MR) is 138 cm³/mol. The number of amides is 2. The van der Waals surface area contributed by atoms with Crippen molar-refractivity contribution in [3.8, 4) is 17.2 Å². The second-order valence-corrected chi connectivity index (χ2v) is 8.94. The molecule has 0 atom stereocenters. The van der Waals surface area contributed by atoms with Crippen LogP contribution in [0.1, 0.15) is 57.9 Å². The first-order valence-corrected chi connectivity index (χ1v) is 12.7. The van der Waals surface area contributed by atoms with Crippen LogP contribution in [0.3, 0.4) is 0 Å². The van der Waals surface area contributed by atoms with Gasteiger partial charge in [0.25, 0.3) is 11.1 Å². The van der Waals surface area contributed by atoms with Crippen LogP contribution in [0, 0.1) is 0 Å². The number of anilines is 1. The Balaban J connectivity index is 1.68. The van der Waals surface area contributed by atoms with Crippen molar-refractivity contribution >= 4 is 34.7 Å². The first-order chi connectivity index (χ1) is 16.6. The number of benzene rings is 2. The molecular formula is C27H33NO5S. The molecule has 2 amide bonds. The van der Waals surface area contributed by atoms with Crippen molar-refractivity contribution in [2.75, 3.05) is 25.2 Å². The number of rotatable bonds is 13. The Bertz CT molecular complexity index is 1020. The van der Waals surface area contributed by atoms with Gasteiger partial charge in [0.05, 0.1) is 30.9 Å². The van der Waals surface area contributed by atoms with Gasteiger partial charge in [-0.05, 0) is 61.0 Å². The SMILES string of the molecule is CCCCCCCCOc1ccc(/C=C2\SC(=O)N(c3ccccc3OCC)C2=O)cc1OC. The van der Waals surface area contributed by atoms with Crippen molar-refractivity contribution < 1.29 is 23.8 Å². The molecule has 6 nitrogen and oxygen atoms in total. The third-order valence-electron chi connectivity index (χ3n) is 5.44. The molecule has 2 aromatic carbocycles. The number of methoxy groups -OCH3 is 1. The number of nitrogens with zero attached hydrogens (tertiary/aromatic N) is 1. The molecule has 0 N–H and O–H groups in total. The topological polar surface area (TPSA) is 65.1 Å². The minimum Gasteiger partial charge on any atom is -0.493 e. The number of ether oxygens (including phenoxy) is 3. The Kier molecular flexibility index (Phi) is 9.89. The normalized spacial score (nSPS) is 14.7. The summed E-state index contributed by atoms with van der Waals surface area (Å²) in [6.45, 7) is 5.15. The third-order valence-corrected chi connectivity index (χ3v) is 6.31. The van der Waals surface area contributed by atoms with Gasteiger partial charge < -0.3 is 14.2 Å². The molecule has 0 aromatic heterocycles. The second-order valence-electron chi connectivity index (χ2n) is 7.94. The van der Waals surface area contributed by atoms with E-state index in [2.05, 4.69) is 6.92 Å². The van der Waals surface area contributed by atoms with Gasteiger partial charge in [-0.3, -0.25) is 9.59 Å². The minimum atomic E-state index is -0.371. The highest BCUT2D eigenvalue weighted by Crippen LogP contribution is 2.40. The number of hydrogen-bond donors (Lipinski definition) is 0. The summed E-state index contributed by atoms with van der Waals surface area (Å²) in [5.74, 6) is 1.40. The summed E-state index contributed by atoms with van der Waals surface area (Å²) in [5.41, 5.74) is 1.21. The van der Waals surface area contributed by atoms with E-state index in [4.69, 9.17) is 14.2 Å². The number of hydrogen-bond acceptors (Lipinski definition) is 6. The van der Waals surface area contributed by atoms with Gasteiger partial charge in [0.2, 0.25) is 0 Å². The fourth-order valence-electron chi connectivity index (χ4n) is 3.70. The van der Waals surface area contributed by atoms with Gasteiger partial charge in [-0.25, -0.2) is 4.90 Å². The summed E-state index contributed by atoms with van der Waals surface area (Å²) < 4.78 is 17.0. The maximum atomic E-state index is 13.1. The summed E-state index contributed by atoms with van der Waals surface area (Å²) >= 11 is 0.912. The lowest BCUT2D eigenvalue weighted by molar-refractivity contribution is -0.113.